The zero-order valence-corrected chi connectivity index (χ0v) is 12.6. The molecule has 1 aliphatic rings. The molecule has 0 N–H and O–H groups in total. The van der Waals surface area contributed by atoms with Gasteiger partial charge in [-0.3, -0.25) is 9.48 Å². The molecule has 22 heavy (non-hydrogen) atoms. The molecule has 114 valence electrons. The molecule has 0 radical (unpaired) electrons. The third kappa shape index (κ3) is 2.86. The fourth-order valence-corrected chi connectivity index (χ4v) is 2.39. The van der Waals surface area contributed by atoms with Gasteiger partial charge >= 0.3 is 0 Å². The van der Waals surface area contributed by atoms with Crippen LogP contribution in [-0.2, 0) is 11.8 Å². The molecule has 3 rings (SSSR count). The summed E-state index contributed by atoms with van der Waals surface area (Å²) in [5, 5.41) is 10.1. The average molecular weight is 298 g/mol. The van der Waals surface area contributed by atoms with Crippen molar-refractivity contribution in [1.82, 2.24) is 14.8 Å². The highest BCUT2D eigenvalue weighted by atomic mass is 16.5. The van der Waals surface area contributed by atoms with Gasteiger partial charge in [0.25, 0.3) is 0 Å². The average Bonchev–Trinajstić information content (AvgIpc) is 3.11. The van der Waals surface area contributed by atoms with E-state index < -0.39 is 0 Å². The minimum atomic E-state index is -0.126. The maximum atomic E-state index is 12.2. The highest BCUT2D eigenvalue weighted by molar-refractivity contribution is 6.12. The van der Waals surface area contributed by atoms with Crippen LogP contribution in [0.15, 0.2) is 47.7 Å². The van der Waals surface area contributed by atoms with Gasteiger partial charge in [-0.05, 0) is 25.1 Å². The zero-order valence-electron chi connectivity index (χ0n) is 12.6. The number of hydrogen-bond acceptors (Lipinski definition) is 4. The molecule has 1 aromatic carbocycles. The maximum absolute atomic E-state index is 12.2. The van der Waals surface area contributed by atoms with Crippen molar-refractivity contribution in [2.24, 2.45) is 12.1 Å². The first kappa shape index (κ1) is 14.3. The second-order valence-electron chi connectivity index (χ2n) is 5.27. The second-order valence-corrected chi connectivity index (χ2v) is 5.27. The summed E-state index contributed by atoms with van der Waals surface area (Å²) in [4.78, 5) is 12.2. The number of nitrogens with zero attached hydrogens (tertiary/aromatic N) is 4. The number of aryl methyl sites for hydroxylation is 1. The van der Waals surface area contributed by atoms with E-state index in [-0.39, 0.29) is 11.9 Å². The predicted molar refractivity (Wildman–Crippen MR) is 82.6 cm³/mol. The van der Waals surface area contributed by atoms with Gasteiger partial charge in [-0.2, -0.15) is 10.2 Å². The van der Waals surface area contributed by atoms with Gasteiger partial charge in [0, 0.05) is 13.2 Å². The molecule has 0 spiro atoms. The number of carbonyl (C=O) groups excluding carboxylic acids is 1. The van der Waals surface area contributed by atoms with Crippen LogP contribution in [0.2, 0.25) is 0 Å². The van der Waals surface area contributed by atoms with Crippen molar-refractivity contribution in [1.29, 1.82) is 0 Å². The molecule has 1 aliphatic heterocycles. The van der Waals surface area contributed by atoms with Gasteiger partial charge in [-0.25, -0.2) is 5.01 Å². The number of ether oxygens (including phenoxy) is 1. The molecule has 0 saturated carbocycles. The standard InChI is InChI=1S/C16H18N4O2/c1-12(11-22-13-6-4-3-5-7-13)20-16(21)10-14(18-20)15-8-9-17-19(15)2/h3-9,12H,10-11H2,1-2H3. The molecule has 6 heteroatoms. The summed E-state index contributed by atoms with van der Waals surface area (Å²) in [5.41, 5.74) is 1.61. The first-order valence-electron chi connectivity index (χ1n) is 7.21. The Morgan fingerprint density at radius 3 is 2.73 bits per heavy atom. The molecule has 2 heterocycles. The van der Waals surface area contributed by atoms with Gasteiger partial charge < -0.3 is 4.74 Å². The lowest BCUT2D eigenvalue weighted by molar-refractivity contribution is -0.131. The quantitative estimate of drug-likeness (QED) is 0.846. The van der Waals surface area contributed by atoms with Crippen molar-refractivity contribution < 1.29 is 9.53 Å². The minimum absolute atomic E-state index is 0.0136. The van der Waals surface area contributed by atoms with Gasteiger partial charge in [0.2, 0.25) is 5.91 Å². The molecule has 6 nitrogen and oxygen atoms in total. The van der Waals surface area contributed by atoms with E-state index in [1.165, 1.54) is 5.01 Å². The summed E-state index contributed by atoms with van der Waals surface area (Å²) < 4.78 is 7.42. The first-order chi connectivity index (χ1) is 10.6. The van der Waals surface area contributed by atoms with E-state index in [4.69, 9.17) is 4.74 Å². The molecule has 0 saturated heterocycles. The van der Waals surface area contributed by atoms with E-state index in [2.05, 4.69) is 10.2 Å². The van der Waals surface area contributed by atoms with Crippen molar-refractivity contribution in [2.45, 2.75) is 19.4 Å². The smallest absolute Gasteiger partial charge is 0.249 e. The van der Waals surface area contributed by atoms with Crippen LogP contribution in [0.25, 0.3) is 0 Å². The zero-order chi connectivity index (χ0) is 15.5. The Bertz CT molecular complexity index is 693. The van der Waals surface area contributed by atoms with Crippen molar-refractivity contribution in [3.8, 4) is 5.75 Å². The highest BCUT2D eigenvalue weighted by Gasteiger charge is 2.30. The third-order valence-corrected chi connectivity index (χ3v) is 3.57. The Hall–Kier alpha value is -2.63. The maximum Gasteiger partial charge on any atom is 0.249 e. The molecule has 0 bridgehead atoms. The fraction of sp³-hybridized carbons (Fsp3) is 0.312. The van der Waals surface area contributed by atoms with Crippen LogP contribution < -0.4 is 4.74 Å². The Balaban J connectivity index is 1.67. The predicted octanol–water partition coefficient (Wildman–Crippen LogP) is 1.82. The van der Waals surface area contributed by atoms with E-state index in [0.29, 0.717) is 13.0 Å². The summed E-state index contributed by atoms with van der Waals surface area (Å²) >= 11 is 0. The molecule has 1 amide bonds. The summed E-state index contributed by atoms with van der Waals surface area (Å²) in [7, 11) is 1.84. The number of hydrazone groups is 1. The fourth-order valence-electron chi connectivity index (χ4n) is 2.39. The van der Waals surface area contributed by atoms with Crippen molar-refractivity contribution in [2.75, 3.05) is 6.61 Å². The lowest BCUT2D eigenvalue weighted by atomic mass is 10.2. The molecular weight excluding hydrogens is 280 g/mol. The molecule has 0 aliphatic carbocycles. The lowest BCUT2D eigenvalue weighted by Gasteiger charge is -2.20. The molecule has 1 aromatic heterocycles. The summed E-state index contributed by atoms with van der Waals surface area (Å²) in [6.45, 7) is 2.33. The Kier molecular flexibility index (Phi) is 3.91. The van der Waals surface area contributed by atoms with E-state index in [9.17, 15) is 4.79 Å². The third-order valence-electron chi connectivity index (χ3n) is 3.57. The van der Waals surface area contributed by atoms with E-state index in [1.54, 1.807) is 10.9 Å². The first-order valence-corrected chi connectivity index (χ1v) is 7.21. The minimum Gasteiger partial charge on any atom is -0.491 e. The van der Waals surface area contributed by atoms with E-state index in [0.717, 1.165) is 17.2 Å². The number of aromatic nitrogens is 2. The Labute approximate surface area is 129 Å². The van der Waals surface area contributed by atoms with Crippen LogP contribution in [0.4, 0.5) is 0 Å². The second kappa shape index (κ2) is 6.01. The molecule has 0 fully saturated rings. The number of amides is 1. The number of hydrogen-bond donors (Lipinski definition) is 0. The molecule has 1 atom stereocenters. The number of rotatable bonds is 5. The van der Waals surface area contributed by atoms with Gasteiger partial charge in [0.1, 0.15) is 12.4 Å². The normalized spacial score (nSPS) is 15.8. The van der Waals surface area contributed by atoms with Crippen LogP contribution in [0.3, 0.4) is 0 Å². The summed E-state index contributed by atoms with van der Waals surface area (Å²) in [6, 6.07) is 11.3. The summed E-state index contributed by atoms with van der Waals surface area (Å²) in [5.74, 6) is 0.775. The van der Waals surface area contributed by atoms with Crippen molar-refractivity contribution in [3.05, 3.63) is 48.3 Å². The Morgan fingerprint density at radius 2 is 2.05 bits per heavy atom. The number of carbonyl (C=O) groups is 1. The van der Waals surface area contributed by atoms with Crippen LogP contribution >= 0.6 is 0 Å². The van der Waals surface area contributed by atoms with Crippen molar-refractivity contribution in [3.63, 3.8) is 0 Å². The monoisotopic (exact) mass is 298 g/mol. The van der Waals surface area contributed by atoms with Gasteiger partial charge in [-0.1, -0.05) is 18.2 Å². The van der Waals surface area contributed by atoms with Crippen molar-refractivity contribution >= 4 is 11.6 Å². The highest BCUT2D eigenvalue weighted by Crippen LogP contribution is 2.18. The number of benzene rings is 1. The molecule has 1 unspecified atom stereocenters. The largest absolute Gasteiger partial charge is 0.491 e. The van der Waals surface area contributed by atoms with Crippen LogP contribution in [0.5, 0.6) is 5.75 Å². The van der Waals surface area contributed by atoms with Gasteiger partial charge in [0.15, 0.2) is 0 Å². The molecular formula is C16H18N4O2. The Morgan fingerprint density at radius 1 is 1.27 bits per heavy atom. The van der Waals surface area contributed by atoms with E-state index in [1.807, 2.05) is 50.4 Å². The number of para-hydroxylation sites is 1. The van der Waals surface area contributed by atoms with Crippen LogP contribution in [0, 0.1) is 0 Å². The van der Waals surface area contributed by atoms with Crippen LogP contribution in [0.1, 0.15) is 19.0 Å². The molecule has 2 aromatic rings. The van der Waals surface area contributed by atoms with Gasteiger partial charge in [0.05, 0.1) is 23.9 Å². The SMILES string of the molecule is CC(COc1ccccc1)N1N=C(c2ccnn2C)CC1=O. The van der Waals surface area contributed by atoms with Crippen LogP contribution in [-0.4, -0.2) is 39.1 Å². The van der Waals surface area contributed by atoms with Gasteiger partial charge in [-0.15, -0.1) is 0 Å². The topological polar surface area (TPSA) is 59.7 Å². The lowest BCUT2D eigenvalue weighted by Crippen LogP contribution is -2.35. The van der Waals surface area contributed by atoms with E-state index >= 15 is 0 Å². The summed E-state index contributed by atoms with van der Waals surface area (Å²) in [6.07, 6.45) is 2.00.